The standard InChI is InChI=1S/C11H11ClN2O3S/c12-7-1-4-10(9(5-7)14(16)17)18-6-11(15)13-8-2-3-8/h1,4-5,8H,2-3,6H2,(H,13,15). The number of thioether (sulfide) groups is 1. The lowest BCUT2D eigenvalue weighted by Crippen LogP contribution is -2.26. The number of hydrogen-bond donors (Lipinski definition) is 1. The van der Waals surface area contributed by atoms with Crippen LogP contribution in [0.5, 0.6) is 0 Å². The Hall–Kier alpha value is -1.27. The first-order valence-corrected chi connectivity index (χ1v) is 6.78. The lowest BCUT2D eigenvalue weighted by Gasteiger charge is -2.04. The van der Waals surface area contributed by atoms with Crippen molar-refractivity contribution >= 4 is 35.0 Å². The van der Waals surface area contributed by atoms with E-state index in [1.54, 1.807) is 12.1 Å². The maximum atomic E-state index is 11.5. The summed E-state index contributed by atoms with van der Waals surface area (Å²) in [6.45, 7) is 0. The smallest absolute Gasteiger partial charge is 0.284 e. The predicted octanol–water partition coefficient (Wildman–Crippen LogP) is 2.62. The van der Waals surface area contributed by atoms with Gasteiger partial charge in [-0.2, -0.15) is 0 Å². The van der Waals surface area contributed by atoms with Gasteiger partial charge in [0.05, 0.1) is 15.6 Å². The van der Waals surface area contributed by atoms with E-state index in [1.807, 2.05) is 0 Å². The molecule has 1 N–H and O–H groups in total. The van der Waals surface area contributed by atoms with Gasteiger partial charge in [0.15, 0.2) is 0 Å². The van der Waals surface area contributed by atoms with Crippen molar-refractivity contribution in [2.75, 3.05) is 5.75 Å². The second-order valence-electron chi connectivity index (χ2n) is 4.00. The molecule has 1 aliphatic rings. The number of nitrogens with zero attached hydrogens (tertiary/aromatic N) is 1. The number of hydrogen-bond acceptors (Lipinski definition) is 4. The molecule has 0 unspecified atom stereocenters. The Bertz CT molecular complexity index is 491. The molecule has 1 aromatic carbocycles. The molecular weight excluding hydrogens is 276 g/mol. The van der Waals surface area contributed by atoms with Gasteiger partial charge in [0.25, 0.3) is 5.69 Å². The van der Waals surface area contributed by atoms with E-state index >= 15 is 0 Å². The summed E-state index contributed by atoms with van der Waals surface area (Å²) in [6, 6.07) is 4.74. The lowest BCUT2D eigenvalue weighted by atomic mass is 10.3. The average molecular weight is 287 g/mol. The van der Waals surface area contributed by atoms with E-state index < -0.39 is 4.92 Å². The van der Waals surface area contributed by atoms with Gasteiger partial charge in [-0.3, -0.25) is 14.9 Å². The van der Waals surface area contributed by atoms with Crippen LogP contribution < -0.4 is 5.32 Å². The molecule has 0 bridgehead atoms. The number of carbonyl (C=O) groups excluding carboxylic acids is 1. The van der Waals surface area contributed by atoms with Crippen LogP contribution in [-0.4, -0.2) is 22.6 Å². The number of benzene rings is 1. The molecule has 1 saturated carbocycles. The summed E-state index contributed by atoms with van der Waals surface area (Å²) >= 11 is 6.86. The molecule has 1 aliphatic carbocycles. The van der Waals surface area contributed by atoms with Gasteiger partial charge in [-0.25, -0.2) is 0 Å². The minimum Gasteiger partial charge on any atom is -0.353 e. The van der Waals surface area contributed by atoms with E-state index in [0.29, 0.717) is 16.0 Å². The predicted molar refractivity (Wildman–Crippen MR) is 70.0 cm³/mol. The van der Waals surface area contributed by atoms with Crippen LogP contribution in [0.2, 0.25) is 5.02 Å². The third kappa shape index (κ3) is 3.61. The van der Waals surface area contributed by atoms with Crippen LogP contribution in [0.4, 0.5) is 5.69 Å². The van der Waals surface area contributed by atoms with E-state index in [1.165, 1.54) is 6.07 Å². The highest BCUT2D eigenvalue weighted by molar-refractivity contribution is 8.00. The minimum absolute atomic E-state index is 0.0632. The topological polar surface area (TPSA) is 72.2 Å². The molecule has 1 amide bonds. The van der Waals surface area contributed by atoms with E-state index in [2.05, 4.69) is 5.32 Å². The van der Waals surface area contributed by atoms with E-state index in [9.17, 15) is 14.9 Å². The number of nitro groups is 1. The molecule has 2 rings (SSSR count). The Balaban J connectivity index is 1.99. The van der Waals surface area contributed by atoms with Gasteiger partial charge in [-0.05, 0) is 25.0 Å². The van der Waals surface area contributed by atoms with Crippen LogP contribution in [-0.2, 0) is 4.79 Å². The van der Waals surface area contributed by atoms with Crippen LogP contribution in [0.3, 0.4) is 0 Å². The minimum atomic E-state index is -0.493. The Kier molecular flexibility index (Phi) is 4.08. The summed E-state index contributed by atoms with van der Waals surface area (Å²) in [5.74, 6) is 0.0886. The summed E-state index contributed by atoms with van der Waals surface area (Å²) in [5, 5.41) is 14.0. The third-order valence-electron chi connectivity index (χ3n) is 2.42. The number of nitrogens with one attached hydrogen (secondary N) is 1. The average Bonchev–Trinajstić information content (AvgIpc) is 3.11. The van der Waals surface area contributed by atoms with Gasteiger partial charge in [-0.15, -0.1) is 11.8 Å². The molecule has 0 atom stereocenters. The first-order chi connectivity index (χ1) is 8.56. The SMILES string of the molecule is O=C(CSc1ccc(Cl)cc1[N+](=O)[O-])NC1CC1. The zero-order valence-corrected chi connectivity index (χ0v) is 11.0. The third-order valence-corrected chi connectivity index (χ3v) is 3.72. The highest BCUT2D eigenvalue weighted by Crippen LogP contribution is 2.31. The number of carbonyl (C=O) groups is 1. The Labute approximate surface area is 113 Å². The molecule has 18 heavy (non-hydrogen) atoms. The Morgan fingerprint density at radius 3 is 2.89 bits per heavy atom. The van der Waals surface area contributed by atoms with Gasteiger partial charge in [0.1, 0.15) is 0 Å². The molecule has 7 heteroatoms. The monoisotopic (exact) mass is 286 g/mol. The summed E-state index contributed by atoms with van der Waals surface area (Å²) in [7, 11) is 0. The number of amides is 1. The molecule has 0 aliphatic heterocycles. The normalized spacial score (nSPS) is 14.3. The zero-order valence-electron chi connectivity index (χ0n) is 9.39. The first-order valence-electron chi connectivity index (χ1n) is 5.42. The maximum absolute atomic E-state index is 11.5. The quantitative estimate of drug-likeness (QED) is 0.513. The van der Waals surface area contributed by atoms with Crippen molar-refractivity contribution in [1.29, 1.82) is 0 Å². The Morgan fingerprint density at radius 2 is 2.28 bits per heavy atom. The van der Waals surface area contributed by atoms with Crippen molar-refractivity contribution in [2.45, 2.75) is 23.8 Å². The lowest BCUT2D eigenvalue weighted by molar-refractivity contribution is -0.387. The fourth-order valence-corrected chi connectivity index (χ4v) is 2.38. The van der Waals surface area contributed by atoms with Gasteiger partial charge in [-0.1, -0.05) is 11.6 Å². The zero-order chi connectivity index (χ0) is 13.1. The van der Waals surface area contributed by atoms with E-state index in [0.717, 1.165) is 24.6 Å². The van der Waals surface area contributed by atoms with Crippen molar-refractivity contribution < 1.29 is 9.72 Å². The van der Waals surface area contributed by atoms with Crippen molar-refractivity contribution in [3.8, 4) is 0 Å². The molecule has 0 heterocycles. The van der Waals surface area contributed by atoms with E-state index in [4.69, 9.17) is 11.6 Å². The molecule has 96 valence electrons. The molecule has 0 aromatic heterocycles. The van der Waals surface area contributed by atoms with Crippen LogP contribution in [0, 0.1) is 10.1 Å². The second-order valence-corrected chi connectivity index (χ2v) is 5.45. The fourth-order valence-electron chi connectivity index (χ4n) is 1.40. The van der Waals surface area contributed by atoms with Crippen LogP contribution in [0.25, 0.3) is 0 Å². The number of rotatable bonds is 5. The summed E-state index contributed by atoms with van der Waals surface area (Å²) in [6.07, 6.45) is 2.05. The van der Waals surface area contributed by atoms with Crippen LogP contribution in [0.15, 0.2) is 23.1 Å². The fraction of sp³-hybridized carbons (Fsp3) is 0.364. The van der Waals surface area contributed by atoms with Crippen LogP contribution >= 0.6 is 23.4 Å². The van der Waals surface area contributed by atoms with Crippen molar-refractivity contribution in [3.63, 3.8) is 0 Å². The van der Waals surface area contributed by atoms with Gasteiger partial charge < -0.3 is 5.32 Å². The maximum Gasteiger partial charge on any atom is 0.284 e. The first kappa shape index (κ1) is 13.2. The molecule has 0 radical (unpaired) electrons. The summed E-state index contributed by atoms with van der Waals surface area (Å²) < 4.78 is 0. The van der Waals surface area contributed by atoms with Crippen LogP contribution in [0.1, 0.15) is 12.8 Å². The Morgan fingerprint density at radius 1 is 1.56 bits per heavy atom. The molecule has 0 saturated heterocycles. The van der Waals surface area contributed by atoms with Crippen molar-refractivity contribution in [3.05, 3.63) is 33.3 Å². The van der Waals surface area contributed by atoms with Gasteiger partial charge in [0.2, 0.25) is 5.91 Å². The molecular formula is C11H11ClN2O3S. The van der Waals surface area contributed by atoms with Crippen molar-refractivity contribution in [1.82, 2.24) is 5.32 Å². The molecule has 1 fully saturated rings. The summed E-state index contributed by atoms with van der Waals surface area (Å²) in [4.78, 5) is 22.3. The largest absolute Gasteiger partial charge is 0.353 e. The van der Waals surface area contributed by atoms with Crippen molar-refractivity contribution in [2.24, 2.45) is 0 Å². The van der Waals surface area contributed by atoms with E-state index in [-0.39, 0.29) is 17.3 Å². The summed E-state index contributed by atoms with van der Waals surface area (Å²) in [5.41, 5.74) is -0.0632. The molecule has 1 aromatic rings. The van der Waals surface area contributed by atoms with Gasteiger partial charge in [0, 0.05) is 17.1 Å². The molecule has 5 nitrogen and oxygen atoms in total. The highest BCUT2D eigenvalue weighted by atomic mass is 35.5. The number of nitro benzene ring substituents is 1. The highest BCUT2D eigenvalue weighted by Gasteiger charge is 2.23. The second kappa shape index (κ2) is 5.58. The number of halogens is 1. The molecule has 0 spiro atoms. The van der Waals surface area contributed by atoms with Gasteiger partial charge >= 0.3 is 0 Å².